The van der Waals surface area contributed by atoms with Crippen molar-refractivity contribution < 1.29 is 4.79 Å². The molecule has 1 fully saturated rings. The van der Waals surface area contributed by atoms with Crippen molar-refractivity contribution >= 4 is 5.91 Å². The van der Waals surface area contributed by atoms with E-state index in [0.717, 1.165) is 18.7 Å². The van der Waals surface area contributed by atoms with Crippen LogP contribution in [0.15, 0.2) is 24.3 Å². The van der Waals surface area contributed by atoms with E-state index in [2.05, 4.69) is 50.4 Å². The van der Waals surface area contributed by atoms with Crippen molar-refractivity contribution in [2.75, 3.05) is 20.1 Å². The summed E-state index contributed by atoms with van der Waals surface area (Å²) in [6.45, 7) is 10.2. The standard InChI is InChI=1S/C16H24N2O/c1-15(2,3)12-6-8-13(9-7-12)16(4)14(19)18(5)11-10-17-16/h6-9,17H,10-11H2,1-5H3. The minimum Gasteiger partial charge on any atom is -0.343 e. The topological polar surface area (TPSA) is 32.3 Å². The molecule has 104 valence electrons. The summed E-state index contributed by atoms with van der Waals surface area (Å²) in [5.41, 5.74) is 1.87. The molecule has 1 N–H and O–H groups in total. The number of nitrogens with zero attached hydrogens (tertiary/aromatic N) is 1. The number of amides is 1. The summed E-state index contributed by atoms with van der Waals surface area (Å²) in [4.78, 5) is 14.2. The monoisotopic (exact) mass is 260 g/mol. The van der Waals surface area contributed by atoms with E-state index in [1.807, 2.05) is 14.0 Å². The van der Waals surface area contributed by atoms with Crippen LogP contribution in [-0.4, -0.2) is 30.9 Å². The van der Waals surface area contributed by atoms with Crippen LogP contribution in [0, 0.1) is 0 Å². The molecule has 19 heavy (non-hydrogen) atoms. The molecule has 1 atom stereocenters. The van der Waals surface area contributed by atoms with Gasteiger partial charge in [-0.15, -0.1) is 0 Å². The zero-order chi connectivity index (χ0) is 14.3. The molecule has 1 unspecified atom stereocenters. The molecular formula is C16H24N2O. The van der Waals surface area contributed by atoms with Gasteiger partial charge in [0, 0.05) is 20.1 Å². The van der Waals surface area contributed by atoms with Crippen molar-refractivity contribution in [2.45, 2.75) is 38.6 Å². The molecule has 0 bridgehead atoms. The third-order valence-electron chi connectivity index (χ3n) is 4.03. The number of hydrogen-bond acceptors (Lipinski definition) is 2. The summed E-state index contributed by atoms with van der Waals surface area (Å²) in [6.07, 6.45) is 0. The lowest BCUT2D eigenvalue weighted by atomic mass is 9.83. The highest BCUT2D eigenvalue weighted by Crippen LogP contribution is 2.28. The van der Waals surface area contributed by atoms with Crippen LogP contribution < -0.4 is 5.32 Å². The molecule has 1 aromatic rings. The second kappa shape index (κ2) is 4.64. The molecule has 1 aliphatic rings. The van der Waals surface area contributed by atoms with E-state index < -0.39 is 5.54 Å². The number of hydrogen-bond donors (Lipinski definition) is 1. The third kappa shape index (κ3) is 2.52. The van der Waals surface area contributed by atoms with Gasteiger partial charge < -0.3 is 4.90 Å². The van der Waals surface area contributed by atoms with Crippen molar-refractivity contribution in [3.8, 4) is 0 Å². The molecule has 0 aromatic heterocycles. The molecule has 1 aliphatic heterocycles. The molecule has 0 aliphatic carbocycles. The highest BCUT2D eigenvalue weighted by atomic mass is 16.2. The lowest BCUT2D eigenvalue weighted by Crippen LogP contribution is -2.59. The molecule has 1 saturated heterocycles. The van der Waals surface area contributed by atoms with E-state index in [1.54, 1.807) is 4.90 Å². The molecule has 1 aromatic carbocycles. The summed E-state index contributed by atoms with van der Waals surface area (Å²) in [6, 6.07) is 8.41. The lowest BCUT2D eigenvalue weighted by Gasteiger charge is -2.39. The summed E-state index contributed by atoms with van der Waals surface area (Å²) >= 11 is 0. The molecule has 3 nitrogen and oxygen atoms in total. The largest absolute Gasteiger partial charge is 0.343 e. The maximum atomic E-state index is 12.4. The second-order valence-corrected chi connectivity index (χ2v) is 6.61. The SMILES string of the molecule is CN1CCNC(C)(c2ccc(C(C)(C)C)cc2)C1=O. The van der Waals surface area contributed by atoms with Crippen molar-refractivity contribution in [3.05, 3.63) is 35.4 Å². The van der Waals surface area contributed by atoms with Gasteiger partial charge >= 0.3 is 0 Å². The quantitative estimate of drug-likeness (QED) is 0.840. The Kier molecular flexibility index (Phi) is 3.43. The molecule has 0 radical (unpaired) electrons. The molecule has 1 amide bonds. The van der Waals surface area contributed by atoms with Crippen LogP contribution in [0.25, 0.3) is 0 Å². The van der Waals surface area contributed by atoms with Gasteiger partial charge in [-0.25, -0.2) is 0 Å². The smallest absolute Gasteiger partial charge is 0.246 e. The van der Waals surface area contributed by atoms with Gasteiger partial charge in [0.1, 0.15) is 5.54 Å². The minimum atomic E-state index is -0.594. The van der Waals surface area contributed by atoms with Crippen molar-refractivity contribution in [1.82, 2.24) is 10.2 Å². The van der Waals surface area contributed by atoms with E-state index in [0.29, 0.717) is 0 Å². The minimum absolute atomic E-state index is 0.139. The average molecular weight is 260 g/mol. The fraction of sp³-hybridized carbons (Fsp3) is 0.562. The fourth-order valence-electron chi connectivity index (χ4n) is 2.56. The van der Waals surface area contributed by atoms with Crippen molar-refractivity contribution in [2.24, 2.45) is 0 Å². The first-order valence-corrected chi connectivity index (χ1v) is 6.87. The maximum Gasteiger partial charge on any atom is 0.246 e. The lowest BCUT2D eigenvalue weighted by molar-refractivity contribution is -0.139. The Hall–Kier alpha value is -1.35. The number of nitrogens with one attached hydrogen (secondary N) is 1. The number of carbonyl (C=O) groups is 1. The zero-order valence-electron chi connectivity index (χ0n) is 12.6. The third-order valence-corrected chi connectivity index (χ3v) is 4.03. The van der Waals surface area contributed by atoms with Gasteiger partial charge in [0.25, 0.3) is 0 Å². The number of carbonyl (C=O) groups excluding carboxylic acids is 1. The summed E-state index contributed by atoms with van der Waals surface area (Å²) in [5.74, 6) is 0.141. The van der Waals surface area contributed by atoms with E-state index >= 15 is 0 Å². The van der Waals surface area contributed by atoms with Gasteiger partial charge in [-0.1, -0.05) is 45.0 Å². The summed E-state index contributed by atoms with van der Waals surface area (Å²) in [5, 5.41) is 3.36. The number of piperazine rings is 1. The van der Waals surface area contributed by atoms with E-state index in [9.17, 15) is 4.79 Å². The number of rotatable bonds is 1. The Balaban J connectivity index is 2.33. The van der Waals surface area contributed by atoms with Crippen molar-refractivity contribution in [1.29, 1.82) is 0 Å². The van der Waals surface area contributed by atoms with E-state index in [1.165, 1.54) is 5.56 Å². The molecule has 0 saturated carbocycles. The van der Waals surface area contributed by atoms with Crippen LogP contribution in [-0.2, 0) is 15.7 Å². The Morgan fingerprint density at radius 2 is 1.79 bits per heavy atom. The van der Waals surface area contributed by atoms with Crippen LogP contribution in [0.3, 0.4) is 0 Å². The predicted octanol–water partition coefficient (Wildman–Crippen LogP) is 2.26. The van der Waals surface area contributed by atoms with Gasteiger partial charge in [-0.2, -0.15) is 0 Å². The van der Waals surface area contributed by atoms with Crippen LogP contribution in [0.1, 0.15) is 38.8 Å². The highest BCUT2D eigenvalue weighted by molar-refractivity contribution is 5.87. The van der Waals surface area contributed by atoms with Gasteiger partial charge in [0.15, 0.2) is 0 Å². The molecular weight excluding hydrogens is 236 g/mol. The Morgan fingerprint density at radius 1 is 1.21 bits per heavy atom. The predicted molar refractivity (Wildman–Crippen MR) is 78.1 cm³/mol. The highest BCUT2D eigenvalue weighted by Gasteiger charge is 2.39. The number of benzene rings is 1. The normalized spacial score (nSPS) is 24.7. The Labute approximate surface area is 116 Å². The zero-order valence-corrected chi connectivity index (χ0v) is 12.6. The average Bonchev–Trinajstić information content (AvgIpc) is 2.35. The second-order valence-electron chi connectivity index (χ2n) is 6.61. The summed E-state index contributed by atoms with van der Waals surface area (Å²) in [7, 11) is 1.87. The maximum absolute atomic E-state index is 12.4. The first-order valence-electron chi connectivity index (χ1n) is 6.87. The Morgan fingerprint density at radius 3 is 2.32 bits per heavy atom. The Bertz CT molecular complexity index is 473. The number of likely N-dealkylation sites (N-methyl/N-ethyl adjacent to an activating group) is 1. The molecule has 1 heterocycles. The van der Waals surface area contributed by atoms with E-state index in [-0.39, 0.29) is 11.3 Å². The molecule has 2 rings (SSSR count). The molecule has 0 spiro atoms. The van der Waals surface area contributed by atoms with Crippen LogP contribution >= 0.6 is 0 Å². The van der Waals surface area contributed by atoms with Crippen molar-refractivity contribution in [3.63, 3.8) is 0 Å². The fourth-order valence-corrected chi connectivity index (χ4v) is 2.56. The summed E-state index contributed by atoms with van der Waals surface area (Å²) < 4.78 is 0. The first-order chi connectivity index (χ1) is 8.75. The van der Waals surface area contributed by atoms with Gasteiger partial charge in [-0.3, -0.25) is 10.1 Å². The molecule has 3 heteroatoms. The van der Waals surface area contributed by atoms with Gasteiger partial charge in [-0.05, 0) is 23.5 Å². The van der Waals surface area contributed by atoms with Crippen LogP contribution in [0.4, 0.5) is 0 Å². The first kappa shape index (κ1) is 14.1. The van der Waals surface area contributed by atoms with Gasteiger partial charge in [0.05, 0.1) is 0 Å². The van der Waals surface area contributed by atoms with Crippen LogP contribution in [0.2, 0.25) is 0 Å². The van der Waals surface area contributed by atoms with E-state index in [4.69, 9.17) is 0 Å². The van der Waals surface area contributed by atoms with Gasteiger partial charge in [0.2, 0.25) is 5.91 Å². The van der Waals surface area contributed by atoms with Crippen LogP contribution in [0.5, 0.6) is 0 Å².